The molecule has 0 bridgehead atoms. The van der Waals surface area contributed by atoms with Gasteiger partial charge in [-0.3, -0.25) is 0 Å². The topological polar surface area (TPSA) is 59.9 Å². The van der Waals surface area contributed by atoms with Crippen molar-refractivity contribution in [2.24, 2.45) is 5.10 Å². The average Bonchev–Trinajstić information content (AvgIpc) is 2.33. The van der Waals surface area contributed by atoms with E-state index in [2.05, 4.69) is 10.5 Å². The number of hydrogen-bond donors (Lipinski definition) is 1. The minimum atomic E-state index is -0.582. The smallest absolute Gasteiger partial charge is 0.428 e. The van der Waals surface area contributed by atoms with Gasteiger partial charge in [0.05, 0.1) is 12.8 Å². The number of nitrogens with zero attached hydrogens (tertiary/aromatic N) is 1. The standard InChI is InChI=1S/C14H20N2O3/c1-10(11-8-6-7-9-12(11)18-5)15-16-13(17)19-14(2,3)4/h6-9H,1-5H3,(H,16,17)/b15-10-. The van der Waals surface area contributed by atoms with Crippen molar-refractivity contribution in [2.75, 3.05) is 7.11 Å². The van der Waals surface area contributed by atoms with Crippen LogP contribution < -0.4 is 10.2 Å². The molecular weight excluding hydrogens is 244 g/mol. The molecule has 0 aliphatic rings. The Hall–Kier alpha value is -2.04. The van der Waals surface area contributed by atoms with Crippen LogP contribution in [0.3, 0.4) is 0 Å². The van der Waals surface area contributed by atoms with E-state index >= 15 is 0 Å². The van der Waals surface area contributed by atoms with Gasteiger partial charge in [0.1, 0.15) is 11.4 Å². The first-order valence-electron chi connectivity index (χ1n) is 6.00. The highest BCUT2D eigenvalue weighted by atomic mass is 16.6. The number of carbonyl (C=O) groups is 1. The van der Waals surface area contributed by atoms with Crippen LogP contribution >= 0.6 is 0 Å². The van der Waals surface area contributed by atoms with Crippen molar-refractivity contribution < 1.29 is 14.3 Å². The molecule has 0 aliphatic carbocycles. The predicted octanol–water partition coefficient (Wildman–Crippen LogP) is 2.94. The normalized spacial score (nSPS) is 11.9. The maximum atomic E-state index is 11.5. The summed E-state index contributed by atoms with van der Waals surface area (Å²) in [6.45, 7) is 7.17. The zero-order valence-electron chi connectivity index (χ0n) is 12.0. The second kappa shape index (κ2) is 6.22. The Labute approximate surface area is 113 Å². The summed E-state index contributed by atoms with van der Waals surface area (Å²) in [5.74, 6) is 0.703. The van der Waals surface area contributed by atoms with E-state index in [1.54, 1.807) is 34.8 Å². The molecule has 0 saturated heterocycles. The Morgan fingerprint density at radius 3 is 2.47 bits per heavy atom. The van der Waals surface area contributed by atoms with Crippen molar-refractivity contribution in [1.29, 1.82) is 0 Å². The molecule has 0 aliphatic heterocycles. The lowest BCUT2D eigenvalue weighted by Gasteiger charge is -2.18. The molecule has 104 valence electrons. The van der Waals surface area contributed by atoms with Gasteiger partial charge in [-0.1, -0.05) is 12.1 Å². The number of methoxy groups -OCH3 is 1. The lowest BCUT2D eigenvalue weighted by Crippen LogP contribution is -2.30. The third-order valence-electron chi connectivity index (χ3n) is 2.21. The highest BCUT2D eigenvalue weighted by Crippen LogP contribution is 2.17. The van der Waals surface area contributed by atoms with E-state index in [1.807, 2.05) is 24.3 Å². The highest BCUT2D eigenvalue weighted by molar-refractivity contribution is 6.01. The first kappa shape index (κ1) is 15.0. The fourth-order valence-electron chi connectivity index (χ4n) is 1.43. The summed E-state index contributed by atoms with van der Waals surface area (Å²) in [6.07, 6.45) is -0.582. The summed E-state index contributed by atoms with van der Waals surface area (Å²) >= 11 is 0. The summed E-state index contributed by atoms with van der Waals surface area (Å²) < 4.78 is 10.3. The first-order valence-corrected chi connectivity index (χ1v) is 6.00. The van der Waals surface area contributed by atoms with Crippen molar-refractivity contribution in [1.82, 2.24) is 5.43 Å². The molecule has 0 heterocycles. The summed E-state index contributed by atoms with van der Waals surface area (Å²) in [5, 5.41) is 4.00. The lowest BCUT2D eigenvalue weighted by molar-refractivity contribution is 0.0529. The van der Waals surface area contributed by atoms with Crippen LogP contribution in [0.2, 0.25) is 0 Å². The Balaban J connectivity index is 2.75. The number of rotatable bonds is 3. The molecule has 1 rings (SSSR count). The second-order valence-corrected chi connectivity index (χ2v) is 5.01. The highest BCUT2D eigenvalue weighted by Gasteiger charge is 2.15. The fourth-order valence-corrected chi connectivity index (χ4v) is 1.43. The number of ether oxygens (including phenoxy) is 2. The number of para-hydroxylation sites is 1. The largest absolute Gasteiger partial charge is 0.496 e. The summed E-state index contributed by atoms with van der Waals surface area (Å²) in [7, 11) is 1.59. The fraction of sp³-hybridized carbons (Fsp3) is 0.429. The summed E-state index contributed by atoms with van der Waals surface area (Å²) in [6, 6.07) is 7.46. The number of carbonyl (C=O) groups excluding carboxylic acids is 1. The number of nitrogens with one attached hydrogen (secondary N) is 1. The van der Waals surface area contributed by atoms with Gasteiger partial charge < -0.3 is 9.47 Å². The maximum absolute atomic E-state index is 11.5. The van der Waals surface area contributed by atoms with Crippen molar-refractivity contribution >= 4 is 11.8 Å². The van der Waals surface area contributed by atoms with Gasteiger partial charge in [-0.2, -0.15) is 5.10 Å². The van der Waals surface area contributed by atoms with Gasteiger partial charge in [0.25, 0.3) is 0 Å². The van der Waals surface area contributed by atoms with Crippen molar-refractivity contribution in [3.63, 3.8) is 0 Å². The molecule has 5 nitrogen and oxygen atoms in total. The molecule has 0 aromatic heterocycles. The molecule has 0 radical (unpaired) electrons. The van der Waals surface area contributed by atoms with Gasteiger partial charge in [0.15, 0.2) is 0 Å². The summed E-state index contributed by atoms with van der Waals surface area (Å²) in [4.78, 5) is 11.5. The third-order valence-corrected chi connectivity index (χ3v) is 2.21. The van der Waals surface area contributed by atoms with Crippen LogP contribution in [0.25, 0.3) is 0 Å². The molecule has 0 spiro atoms. The second-order valence-electron chi connectivity index (χ2n) is 5.01. The minimum absolute atomic E-state index is 0.544. The first-order chi connectivity index (χ1) is 8.83. The van der Waals surface area contributed by atoms with Gasteiger partial charge in [0, 0.05) is 5.56 Å². The molecule has 0 atom stereocenters. The van der Waals surface area contributed by atoms with Gasteiger partial charge in [0.2, 0.25) is 0 Å². The van der Waals surface area contributed by atoms with Crippen LogP contribution in [0, 0.1) is 0 Å². The SMILES string of the molecule is COc1ccccc1/C(C)=N\NC(=O)OC(C)(C)C. The molecule has 1 aromatic carbocycles. The van der Waals surface area contributed by atoms with Crippen LogP contribution in [-0.4, -0.2) is 24.5 Å². The van der Waals surface area contributed by atoms with E-state index in [9.17, 15) is 4.79 Å². The number of amides is 1. The molecular formula is C14H20N2O3. The average molecular weight is 264 g/mol. The molecule has 0 saturated carbocycles. The van der Waals surface area contributed by atoms with E-state index in [0.717, 1.165) is 5.56 Å². The molecule has 1 aromatic rings. The van der Waals surface area contributed by atoms with Gasteiger partial charge in [-0.25, -0.2) is 10.2 Å². The predicted molar refractivity (Wildman–Crippen MR) is 74.6 cm³/mol. The van der Waals surface area contributed by atoms with Crippen LogP contribution in [0.5, 0.6) is 5.75 Å². The zero-order valence-corrected chi connectivity index (χ0v) is 12.0. The van der Waals surface area contributed by atoms with Crippen molar-refractivity contribution in [2.45, 2.75) is 33.3 Å². The van der Waals surface area contributed by atoms with E-state index in [0.29, 0.717) is 11.5 Å². The Kier molecular flexibility index (Phi) is 4.92. The van der Waals surface area contributed by atoms with E-state index in [4.69, 9.17) is 9.47 Å². The Bertz CT molecular complexity index is 476. The van der Waals surface area contributed by atoms with Gasteiger partial charge >= 0.3 is 6.09 Å². The van der Waals surface area contributed by atoms with Crippen LogP contribution in [0.1, 0.15) is 33.3 Å². The van der Waals surface area contributed by atoms with Crippen molar-refractivity contribution in [3.05, 3.63) is 29.8 Å². The molecule has 5 heteroatoms. The molecule has 1 amide bonds. The van der Waals surface area contributed by atoms with E-state index < -0.39 is 11.7 Å². The molecule has 1 N–H and O–H groups in total. The molecule has 0 fully saturated rings. The number of hydrazone groups is 1. The molecule has 19 heavy (non-hydrogen) atoms. The zero-order chi connectivity index (χ0) is 14.5. The van der Waals surface area contributed by atoms with Gasteiger partial charge in [-0.05, 0) is 39.8 Å². The van der Waals surface area contributed by atoms with E-state index in [-0.39, 0.29) is 0 Å². The van der Waals surface area contributed by atoms with E-state index in [1.165, 1.54) is 0 Å². The van der Waals surface area contributed by atoms with Crippen molar-refractivity contribution in [3.8, 4) is 5.75 Å². The number of benzene rings is 1. The van der Waals surface area contributed by atoms with Crippen LogP contribution in [-0.2, 0) is 4.74 Å². The third kappa shape index (κ3) is 4.99. The maximum Gasteiger partial charge on any atom is 0.428 e. The Morgan fingerprint density at radius 2 is 1.89 bits per heavy atom. The minimum Gasteiger partial charge on any atom is -0.496 e. The lowest BCUT2D eigenvalue weighted by atomic mass is 10.1. The number of hydrogen-bond acceptors (Lipinski definition) is 4. The molecule has 0 unspecified atom stereocenters. The summed E-state index contributed by atoms with van der Waals surface area (Å²) in [5.41, 5.74) is 3.28. The van der Waals surface area contributed by atoms with Crippen LogP contribution in [0.4, 0.5) is 4.79 Å². The van der Waals surface area contributed by atoms with Gasteiger partial charge in [-0.15, -0.1) is 0 Å². The van der Waals surface area contributed by atoms with Crippen LogP contribution in [0.15, 0.2) is 29.4 Å². The monoisotopic (exact) mass is 264 g/mol. The Morgan fingerprint density at radius 1 is 1.26 bits per heavy atom. The quantitative estimate of drug-likeness (QED) is 0.674.